The molecule has 0 aliphatic heterocycles. The smallest absolute Gasteiger partial charge is 0.383 e. The zero-order chi connectivity index (χ0) is 11.1. The van der Waals surface area contributed by atoms with Crippen LogP contribution in [0.1, 0.15) is 11.3 Å². The molecular weight excluding hydrogens is 260 g/mol. The zero-order valence-corrected chi connectivity index (χ0v) is 8.70. The molecule has 7 heteroatoms. The number of nitrogen functional groups attached to an aromatic ring is 1. The molecule has 0 atom stereocenters. The van der Waals surface area contributed by atoms with E-state index in [9.17, 15) is 13.2 Å². The van der Waals surface area contributed by atoms with E-state index in [1.165, 1.54) is 6.92 Å². The third-order valence-electron chi connectivity index (χ3n) is 1.71. The molecule has 1 rings (SSSR count). The van der Waals surface area contributed by atoms with Gasteiger partial charge in [0.1, 0.15) is 19.4 Å². The maximum atomic E-state index is 12.3. The molecule has 2 N–H and O–H groups in total. The third kappa shape index (κ3) is 1.87. The molecular formula is C7H5BBrF3N2. The lowest BCUT2D eigenvalue weighted by Crippen LogP contribution is -2.25. The largest absolute Gasteiger partial charge is 0.432 e. The van der Waals surface area contributed by atoms with Crippen LogP contribution in [-0.2, 0) is 6.18 Å². The molecule has 0 saturated heterocycles. The van der Waals surface area contributed by atoms with Gasteiger partial charge in [0.25, 0.3) is 0 Å². The number of rotatable bonds is 0. The van der Waals surface area contributed by atoms with Gasteiger partial charge in [-0.2, -0.15) is 13.2 Å². The van der Waals surface area contributed by atoms with Crippen molar-refractivity contribution in [1.82, 2.24) is 4.98 Å². The summed E-state index contributed by atoms with van der Waals surface area (Å²) in [7, 11) is 5.27. The molecule has 0 saturated carbocycles. The topological polar surface area (TPSA) is 38.9 Å². The summed E-state index contributed by atoms with van der Waals surface area (Å²) in [6.45, 7) is 1.44. The Morgan fingerprint density at radius 3 is 2.36 bits per heavy atom. The first kappa shape index (κ1) is 11.4. The number of halogens is 4. The second-order valence-corrected chi connectivity index (χ2v) is 3.49. The van der Waals surface area contributed by atoms with Gasteiger partial charge in [0, 0.05) is 0 Å². The molecule has 2 radical (unpaired) electrons. The molecule has 74 valence electrons. The molecule has 1 aromatic heterocycles. The highest BCUT2D eigenvalue weighted by atomic mass is 79.9. The van der Waals surface area contributed by atoms with Crippen LogP contribution in [-0.4, -0.2) is 12.8 Å². The summed E-state index contributed by atoms with van der Waals surface area (Å²) in [5, 5.41) is 0. The predicted molar refractivity (Wildman–Crippen MR) is 51.5 cm³/mol. The van der Waals surface area contributed by atoms with Crippen molar-refractivity contribution in [3.63, 3.8) is 0 Å². The first-order chi connectivity index (χ1) is 6.25. The average molecular weight is 265 g/mol. The third-order valence-corrected chi connectivity index (χ3v) is 2.71. The summed E-state index contributed by atoms with van der Waals surface area (Å²) in [5.74, 6) is -0.218. The quantitative estimate of drug-likeness (QED) is 0.722. The highest BCUT2D eigenvalue weighted by Crippen LogP contribution is 2.30. The fraction of sp³-hybridized carbons (Fsp3) is 0.286. The molecule has 2 nitrogen and oxygen atoms in total. The van der Waals surface area contributed by atoms with E-state index in [0.29, 0.717) is 4.47 Å². The minimum atomic E-state index is -4.58. The first-order valence-electron chi connectivity index (χ1n) is 3.53. The van der Waals surface area contributed by atoms with Crippen molar-refractivity contribution in [2.45, 2.75) is 13.1 Å². The number of anilines is 1. The Labute approximate surface area is 88.2 Å². The zero-order valence-electron chi connectivity index (χ0n) is 7.11. The van der Waals surface area contributed by atoms with Gasteiger partial charge >= 0.3 is 6.18 Å². The Bertz CT molecular complexity index is 378. The molecule has 0 spiro atoms. The number of aromatic nitrogens is 1. The lowest BCUT2D eigenvalue weighted by atomic mass is 9.89. The van der Waals surface area contributed by atoms with Crippen LogP contribution >= 0.6 is 15.9 Å². The fourth-order valence-electron chi connectivity index (χ4n) is 0.934. The molecule has 0 amide bonds. The van der Waals surface area contributed by atoms with Gasteiger partial charge in [0.2, 0.25) is 0 Å². The molecule has 0 aliphatic carbocycles. The Balaban J connectivity index is 3.49. The van der Waals surface area contributed by atoms with Crippen LogP contribution < -0.4 is 11.2 Å². The second-order valence-electron chi connectivity index (χ2n) is 2.70. The summed E-state index contributed by atoms with van der Waals surface area (Å²) in [6, 6.07) is 0. The number of hydrogen-bond donors (Lipinski definition) is 1. The van der Waals surface area contributed by atoms with Crippen molar-refractivity contribution in [3.05, 3.63) is 15.7 Å². The minimum Gasteiger partial charge on any atom is -0.383 e. The summed E-state index contributed by atoms with van der Waals surface area (Å²) in [6.07, 6.45) is -4.58. The van der Waals surface area contributed by atoms with Crippen LogP contribution in [0, 0.1) is 6.92 Å². The van der Waals surface area contributed by atoms with Gasteiger partial charge in [-0.25, -0.2) is 4.98 Å². The summed E-state index contributed by atoms with van der Waals surface area (Å²) in [4.78, 5) is 3.19. The van der Waals surface area contributed by atoms with Crippen molar-refractivity contribution in [1.29, 1.82) is 0 Å². The summed E-state index contributed by atoms with van der Waals surface area (Å²) < 4.78 is 37.3. The molecule has 1 heterocycles. The maximum Gasteiger partial charge on any atom is 0.432 e. The van der Waals surface area contributed by atoms with Gasteiger partial charge in [-0.3, -0.25) is 0 Å². The number of nitrogens with two attached hydrogens (primary N) is 1. The molecule has 0 unspecified atom stereocenters. The normalized spacial score (nSPS) is 11.8. The van der Waals surface area contributed by atoms with Crippen LogP contribution in [0.15, 0.2) is 4.47 Å². The van der Waals surface area contributed by atoms with Gasteiger partial charge < -0.3 is 5.73 Å². The van der Waals surface area contributed by atoms with Crippen LogP contribution in [0.5, 0.6) is 0 Å². The van der Waals surface area contributed by atoms with Crippen LogP contribution in [0.2, 0.25) is 0 Å². The monoisotopic (exact) mass is 264 g/mol. The van der Waals surface area contributed by atoms with Crippen molar-refractivity contribution in [2.75, 3.05) is 5.73 Å². The van der Waals surface area contributed by atoms with E-state index in [0.717, 1.165) is 0 Å². The molecule has 14 heavy (non-hydrogen) atoms. The Morgan fingerprint density at radius 2 is 1.93 bits per heavy atom. The van der Waals surface area contributed by atoms with E-state index in [4.69, 9.17) is 13.6 Å². The van der Waals surface area contributed by atoms with Crippen molar-refractivity contribution in [3.8, 4) is 0 Å². The van der Waals surface area contributed by atoms with E-state index in [2.05, 4.69) is 20.9 Å². The highest BCUT2D eigenvalue weighted by molar-refractivity contribution is 9.10. The second kappa shape index (κ2) is 3.45. The SMILES string of the molecule is [B]c1c(C(F)(F)F)nc(N)c(Br)c1C. The Morgan fingerprint density at radius 1 is 1.43 bits per heavy atom. The first-order valence-corrected chi connectivity index (χ1v) is 4.32. The van der Waals surface area contributed by atoms with E-state index in [1.54, 1.807) is 0 Å². The molecule has 0 bridgehead atoms. The highest BCUT2D eigenvalue weighted by Gasteiger charge is 2.35. The lowest BCUT2D eigenvalue weighted by Gasteiger charge is -2.14. The van der Waals surface area contributed by atoms with Gasteiger partial charge in [0.15, 0.2) is 0 Å². The van der Waals surface area contributed by atoms with Crippen LogP contribution in [0.4, 0.5) is 19.0 Å². The minimum absolute atomic E-state index is 0.218. The predicted octanol–water partition coefficient (Wildman–Crippen LogP) is 1.55. The van der Waals surface area contributed by atoms with Gasteiger partial charge in [0.05, 0.1) is 4.47 Å². The van der Waals surface area contributed by atoms with Gasteiger partial charge in [-0.05, 0) is 28.4 Å². The van der Waals surface area contributed by atoms with Crippen molar-refractivity contribution in [2.24, 2.45) is 0 Å². The fourth-order valence-corrected chi connectivity index (χ4v) is 1.24. The number of nitrogens with zero attached hydrogens (tertiary/aromatic N) is 1. The molecule has 0 aliphatic rings. The number of alkyl halides is 3. The van der Waals surface area contributed by atoms with E-state index in [-0.39, 0.29) is 11.4 Å². The number of pyridine rings is 1. The van der Waals surface area contributed by atoms with Crippen LogP contribution in [0.3, 0.4) is 0 Å². The van der Waals surface area contributed by atoms with E-state index in [1.807, 2.05) is 0 Å². The number of hydrogen-bond acceptors (Lipinski definition) is 2. The van der Waals surface area contributed by atoms with E-state index >= 15 is 0 Å². The Hall–Kier alpha value is -0.715. The van der Waals surface area contributed by atoms with Crippen molar-refractivity contribution < 1.29 is 13.2 Å². The molecule has 0 aromatic carbocycles. The Kier molecular flexibility index (Phi) is 2.80. The average Bonchev–Trinajstić information content (AvgIpc) is 2.06. The van der Waals surface area contributed by atoms with Gasteiger partial charge in [-0.1, -0.05) is 5.46 Å². The van der Waals surface area contributed by atoms with Gasteiger partial charge in [-0.15, -0.1) is 0 Å². The van der Waals surface area contributed by atoms with Crippen molar-refractivity contribution >= 4 is 35.1 Å². The summed E-state index contributed by atoms with van der Waals surface area (Å²) in [5.41, 5.74) is 3.97. The maximum absolute atomic E-state index is 12.3. The van der Waals surface area contributed by atoms with E-state index < -0.39 is 17.3 Å². The summed E-state index contributed by atoms with van der Waals surface area (Å²) >= 11 is 3.00. The molecule has 0 fully saturated rings. The molecule has 1 aromatic rings. The van der Waals surface area contributed by atoms with Crippen LogP contribution in [0.25, 0.3) is 0 Å². The lowest BCUT2D eigenvalue weighted by molar-refractivity contribution is -0.140. The standard InChI is InChI=1S/C7H5BBrF3N2/c1-2-3(8)5(7(10,11)12)14-6(13)4(2)9/h1H3,(H2,13,14).